The van der Waals surface area contributed by atoms with Gasteiger partial charge >= 0.3 is 0 Å². The van der Waals surface area contributed by atoms with E-state index in [0.29, 0.717) is 12.0 Å². The Kier molecular flexibility index (Phi) is 3.47. The predicted octanol–water partition coefficient (Wildman–Crippen LogP) is 2.49. The Morgan fingerprint density at radius 1 is 1.28 bits per heavy atom. The first-order chi connectivity index (χ1) is 8.92. The van der Waals surface area contributed by atoms with E-state index in [-0.39, 0.29) is 0 Å². The molecule has 0 bridgehead atoms. The van der Waals surface area contributed by atoms with E-state index in [9.17, 15) is 0 Å². The van der Waals surface area contributed by atoms with E-state index in [1.807, 2.05) is 11.4 Å². The molecule has 0 radical (unpaired) electrons. The minimum absolute atomic E-state index is 0.360. The van der Waals surface area contributed by atoms with Crippen LogP contribution in [-0.2, 0) is 0 Å². The van der Waals surface area contributed by atoms with Crippen LogP contribution in [0.4, 0.5) is 11.1 Å². The highest BCUT2D eigenvalue weighted by molar-refractivity contribution is 7.13. The van der Waals surface area contributed by atoms with Gasteiger partial charge in [-0.05, 0) is 25.5 Å². The largest absolute Gasteiger partial charge is 0.309 e. The van der Waals surface area contributed by atoms with Crippen molar-refractivity contribution in [1.29, 1.82) is 0 Å². The molecule has 0 saturated carbocycles. The summed E-state index contributed by atoms with van der Waals surface area (Å²) in [6, 6.07) is 2.34. The lowest BCUT2D eigenvalue weighted by molar-refractivity contribution is 0.405. The lowest BCUT2D eigenvalue weighted by atomic mass is 10.0. The van der Waals surface area contributed by atoms with Crippen LogP contribution in [0.15, 0.2) is 23.8 Å². The number of thiazole rings is 1. The predicted molar refractivity (Wildman–Crippen MR) is 72.0 cm³/mol. The highest BCUT2D eigenvalue weighted by Crippen LogP contribution is 2.22. The number of rotatable bonds is 3. The topological polar surface area (TPSA) is 62.7 Å². The van der Waals surface area contributed by atoms with E-state index in [2.05, 4.69) is 25.6 Å². The average molecular weight is 261 g/mol. The summed E-state index contributed by atoms with van der Waals surface area (Å²) in [5.41, 5.74) is 1.06. The molecule has 1 aliphatic heterocycles. The van der Waals surface area contributed by atoms with Gasteiger partial charge in [0.25, 0.3) is 0 Å². The number of piperidine rings is 1. The van der Waals surface area contributed by atoms with Gasteiger partial charge in [0, 0.05) is 23.8 Å². The van der Waals surface area contributed by atoms with E-state index < -0.39 is 0 Å². The van der Waals surface area contributed by atoms with Crippen LogP contribution in [0.2, 0.25) is 0 Å². The quantitative estimate of drug-likeness (QED) is 0.888. The summed E-state index contributed by atoms with van der Waals surface area (Å²) in [7, 11) is 0. The molecular formula is C12H15N5S. The molecule has 1 aliphatic rings. The fraction of sp³-hybridized carbons (Fsp3) is 0.417. The second-order valence-corrected chi connectivity index (χ2v) is 5.16. The van der Waals surface area contributed by atoms with Gasteiger partial charge in [0.15, 0.2) is 5.13 Å². The van der Waals surface area contributed by atoms with E-state index >= 15 is 0 Å². The molecule has 0 amide bonds. The van der Waals surface area contributed by atoms with Gasteiger partial charge in [-0.3, -0.25) is 0 Å². The maximum Gasteiger partial charge on any atom is 0.229 e. The molecule has 0 unspecified atom stereocenters. The van der Waals surface area contributed by atoms with E-state index in [1.54, 1.807) is 23.7 Å². The average Bonchev–Trinajstić information content (AvgIpc) is 2.93. The van der Waals surface area contributed by atoms with Gasteiger partial charge in [0.05, 0.1) is 5.69 Å². The maximum atomic E-state index is 4.55. The summed E-state index contributed by atoms with van der Waals surface area (Å²) < 4.78 is 0. The number of anilines is 2. The third-order valence-corrected chi connectivity index (χ3v) is 3.68. The third-order valence-electron chi connectivity index (χ3n) is 3.00. The second-order valence-electron chi connectivity index (χ2n) is 4.27. The number of hydrogen-bond acceptors (Lipinski definition) is 6. The standard InChI is InChI=1S/C12H15N5S/c1-2-5-13-9(3-1)10-4-6-14-11(16-10)17-12-15-7-8-18-12/h4,6-9,13H,1-3,5H2,(H,14,15,16,17)/t9-/m0/s1. The smallest absolute Gasteiger partial charge is 0.229 e. The summed E-state index contributed by atoms with van der Waals surface area (Å²) >= 11 is 1.54. The molecule has 0 aliphatic carbocycles. The van der Waals surface area contributed by atoms with Gasteiger partial charge in [0.1, 0.15) is 0 Å². The molecule has 0 aromatic carbocycles. The molecule has 94 valence electrons. The minimum Gasteiger partial charge on any atom is -0.309 e. The lowest BCUT2D eigenvalue weighted by Gasteiger charge is -2.22. The van der Waals surface area contributed by atoms with Crippen LogP contribution in [0.25, 0.3) is 0 Å². The fourth-order valence-electron chi connectivity index (χ4n) is 2.11. The molecule has 18 heavy (non-hydrogen) atoms. The lowest BCUT2D eigenvalue weighted by Crippen LogP contribution is -2.27. The van der Waals surface area contributed by atoms with Gasteiger partial charge in [-0.1, -0.05) is 6.42 Å². The Labute approximate surface area is 110 Å². The van der Waals surface area contributed by atoms with Crippen molar-refractivity contribution in [3.8, 4) is 0 Å². The van der Waals surface area contributed by atoms with Crippen LogP contribution in [0.5, 0.6) is 0 Å². The summed E-state index contributed by atoms with van der Waals surface area (Å²) in [4.78, 5) is 12.9. The zero-order chi connectivity index (χ0) is 12.2. The van der Waals surface area contributed by atoms with E-state index in [1.165, 1.54) is 12.8 Å². The normalized spacial score (nSPS) is 19.7. The Morgan fingerprint density at radius 2 is 2.28 bits per heavy atom. The minimum atomic E-state index is 0.360. The van der Waals surface area contributed by atoms with Gasteiger partial charge in [-0.2, -0.15) is 0 Å². The molecule has 1 atom stereocenters. The number of hydrogen-bond donors (Lipinski definition) is 2. The monoisotopic (exact) mass is 261 g/mol. The molecule has 2 aromatic heterocycles. The summed E-state index contributed by atoms with van der Waals surface area (Å²) in [5, 5.41) is 9.36. The summed E-state index contributed by atoms with van der Waals surface area (Å²) in [6.07, 6.45) is 7.23. The molecule has 3 rings (SSSR count). The Morgan fingerprint density at radius 3 is 3.06 bits per heavy atom. The van der Waals surface area contributed by atoms with Crippen LogP contribution in [0.1, 0.15) is 31.0 Å². The molecule has 2 aromatic rings. The molecule has 0 spiro atoms. The Balaban J connectivity index is 1.76. The fourth-order valence-corrected chi connectivity index (χ4v) is 2.63. The van der Waals surface area contributed by atoms with Crippen molar-refractivity contribution >= 4 is 22.4 Å². The SMILES string of the molecule is c1cc([C@@H]2CCCCN2)nc(Nc2nccs2)n1. The van der Waals surface area contributed by atoms with Crippen LogP contribution in [0.3, 0.4) is 0 Å². The number of nitrogens with one attached hydrogen (secondary N) is 2. The van der Waals surface area contributed by atoms with Crippen molar-refractivity contribution in [2.24, 2.45) is 0 Å². The van der Waals surface area contributed by atoms with Gasteiger partial charge in [-0.25, -0.2) is 15.0 Å². The molecule has 5 nitrogen and oxygen atoms in total. The zero-order valence-electron chi connectivity index (χ0n) is 9.97. The first kappa shape index (κ1) is 11.6. The van der Waals surface area contributed by atoms with Gasteiger partial charge in [-0.15, -0.1) is 11.3 Å². The zero-order valence-corrected chi connectivity index (χ0v) is 10.8. The molecular weight excluding hydrogens is 246 g/mol. The third kappa shape index (κ3) is 2.65. The highest BCUT2D eigenvalue weighted by Gasteiger charge is 2.16. The first-order valence-corrected chi connectivity index (χ1v) is 7.02. The summed E-state index contributed by atoms with van der Waals surface area (Å²) in [5.74, 6) is 0.620. The summed E-state index contributed by atoms with van der Waals surface area (Å²) in [6.45, 7) is 1.07. The molecule has 3 heterocycles. The Hall–Kier alpha value is -1.53. The van der Waals surface area contributed by atoms with Crippen LogP contribution in [0, 0.1) is 0 Å². The number of nitrogens with zero attached hydrogens (tertiary/aromatic N) is 3. The van der Waals surface area contributed by atoms with Crippen LogP contribution in [-0.4, -0.2) is 21.5 Å². The molecule has 6 heteroatoms. The Bertz CT molecular complexity index is 493. The maximum absolute atomic E-state index is 4.55. The highest BCUT2D eigenvalue weighted by atomic mass is 32.1. The number of aromatic nitrogens is 3. The van der Waals surface area contributed by atoms with Crippen LogP contribution < -0.4 is 10.6 Å². The molecule has 2 N–H and O–H groups in total. The van der Waals surface area contributed by atoms with E-state index in [4.69, 9.17) is 0 Å². The van der Waals surface area contributed by atoms with Crippen molar-refractivity contribution in [1.82, 2.24) is 20.3 Å². The van der Waals surface area contributed by atoms with Gasteiger partial charge < -0.3 is 10.6 Å². The van der Waals surface area contributed by atoms with Crippen LogP contribution >= 0.6 is 11.3 Å². The second kappa shape index (κ2) is 5.41. The van der Waals surface area contributed by atoms with Crippen molar-refractivity contribution in [2.75, 3.05) is 11.9 Å². The molecule has 1 saturated heterocycles. The van der Waals surface area contributed by atoms with Gasteiger partial charge in [0.2, 0.25) is 5.95 Å². The van der Waals surface area contributed by atoms with Crippen molar-refractivity contribution in [2.45, 2.75) is 25.3 Å². The van der Waals surface area contributed by atoms with Crippen molar-refractivity contribution in [3.05, 3.63) is 29.5 Å². The van der Waals surface area contributed by atoms with Crippen molar-refractivity contribution in [3.63, 3.8) is 0 Å². The molecule has 1 fully saturated rings. The van der Waals surface area contributed by atoms with Crippen molar-refractivity contribution < 1.29 is 0 Å². The van der Waals surface area contributed by atoms with E-state index in [0.717, 1.165) is 23.8 Å². The first-order valence-electron chi connectivity index (χ1n) is 6.15.